The summed E-state index contributed by atoms with van der Waals surface area (Å²) in [6.45, 7) is 0.160. The Morgan fingerprint density at radius 3 is 2.95 bits per heavy atom. The van der Waals surface area contributed by atoms with Gasteiger partial charge in [0.25, 0.3) is 0 Å². The minimum Gasteiger partial charge on any atom is -0.482 e. The highest BCUT2D eigenvalue weighted by atomic mass is 16.5. The van der Waals surface area contributed by atoms with Gasteiger partial charge in [-0.2, -0.15) is 5.26 Å². The monoisotopic (exact) mass is 265 g/mol. The Bertz CT molecular complexity index is 802. The van der Waals surface area contributed by atoms with E-state index < -0.39 is 0 Å². The molecule has 98 valence electrons. The first-order valence-electron chi connectivity index (χ1n) is 6.03. The van der Waals surface area contributed by atoms with Gasteiger partial charge in [0, 0.05) is 11.8 Å². The Labute approximate surface area is 115 Å². The Hall–Kier alpha value is -3.00. The molecule has 0 amide bonds. The van der Waals surface area contributed by atoms with Gasteiger partial charge in [-0.1, -0.05) is 12.1 Å². The number of hydrogen-bond donors (Lipinski definition) is 1. The van der Waals surface area contributed by atoms with E-state index in [0.717, 1.165) is 5.52 Å². The number of ether oxygens (including phenoxy) is 1. The topological polar surface area (TPSA) is 85.1 Å². The molecule has 20 heavy (non-hydrogen) atoms. The first-order chi connectivity index (χ1) is 9.76. The number of para-hydroxylation sites is 1. The lowest BCUT2D eigenvalue weighted by Crippen LogP contribution is -1.97. The average Bonchev–Trinajstić information content (AvgIpc) is 2.87. The molecule has 5 nitrogen and oxygen atoms in total. The maximum atomic E-state index is 8.98. The zero-order valence-corrected chi connectivity index (χ0v) is 10.5. The quantitative estimate of drug-likeness (QED) is 0.736. The number of nitrogens with zero attached hydrogens (tertiary/aromatic N) is 2. The number of fused-ring (bicyclic) bond motifs is 1. The molecule has 5 heteroatoms. The predicted octanol–water partition coefficient (Wildman–Crippen LogP) is 2.86. The summed E-state index contributed by atoms with van der Waals surface area (Å²) in [4.78, 5) is 4.29. The fourth-order valence-electron chi connectivity index (χ4n) is 1.88. The number of nitrogen functional groups attached to an aromatic ring is 1. The van der Waals surface area contributed by atoms with Gasteiger partial charge in [0.1, 0.15) is 17.3 Å². The number of anilines is 1. The SMILES string of the molecule is N#Cc1ccccc1OCc1nc2ccc(N)cc2o1. The molecular formula is C15H11N3O2. The molecule has 2 aromatic carbocycles. The summed E-state index contributed by atoms with van der Waals surface area (Å²) in [5, 5.41) is 8.98. The summed E-state index contributed by atoms with van der Waals surface area (Å²) in [6.07, 6.45) is 0. The molecule has 0 unspecified atom stereocenters. The minimum absolute atomic E-state index is 0.160. The van der Waals surface area contributed by atoms with Gasteiger partial charge in [-0.15, -0.1) is 0 Å². The summed E-state index contributed by atoms with van der Waals surface area (Å²) < 4.78 is 11.1. The second-order valence-electron chi connectivity index (χ2n) is 4.23. The molecule has 1 heterocycles. The molecule has 3 aromatic rings. The van der Waals surface area contributed by atoms with Crippen molar-refractivity contribution in [3.63, 3.8) is 0 Å². The molecule has 0 spiro atoms. The third-order valence-electron chi connectivity index (χ3n) is 2.82. The predicted molar refractivity (Wildman–Crippen MR) is 73.9 cm³/mol. The molecule has 0 radical (unpaired) electrons. The number of hydrogen-bond acceptors (Lipinski definition) is 5. The van der Waals surface area contributed by atoms with E-state index in [4.69, 9.17) is 20.1 Å². The van der Waals surface area contributed by atoms with Crippen molar-refractivity contribution in [1.29, 1.82) is 5.26 Å². The van der Waals surface area contributed by atoms with Crippen LogP contribution in [0.1, 0.15) is 11.5 Å². The van der Waals surface area contributed by atoms with Crippen LogP contribution in [0, 0.1) is 11.3 Å². The normalized spacial score (nSPS) is 10.3. The molecular weight excluding hydrogens is 254 g/mol. The van der Waals surface area contributed by atoms with Crippen molar-refractivity contribution in [3.8, 4) is 11.8 Å². The van der Waals surface area contributed by atoms with E-state index in [-0.39, 0.29) is 6.61 Å². The lowest BCUT2D eigenvalue weighted by molar-refractivity contribution is 0.266. The fraction of sp³-hybridized carbons (Fsp3) is 0.0667. The lowest BCUT2D eigenvalue weighted by Gasteiger charge is -2.04. The van der Waals surface area contributed by atoms with Crippen LogP contribution in [-0.2, 0) is 6.61 Å². The highest BCUT2D eigenvalue weighted by Gasteiger charge is 2.08. The van der Waals surface area contributed by atoms with E-state index in [1.165, 1.54) is 0 Å². The van der Waals surface area contributed by atoms with Gasteiger partial charge in [-0.3, -0.25) is 0 Å². The number of benzene rings is 2. The number of rotatable bonds is 3. The number of oxazole rings is 1. The molecule has 0 saturated heterocycles. The van der Waals surface area contributed by atoms with Crippen LogP contribution in [0.4, 0.5) is 5.69 Å². The van der Waals surface area contributed by atoms with E-state index in [1.807, 2.05) is 6.07 Å². The van der Waals surface area contributed by atoms with Crippen molar-refractivity contribution in [2.75, 3.05) is 5.73 Å². The van der Waals surface area contributed by atoms with Crippen molar-refractivity contribution in [3.05, 3.63) is 53.9 Å². The summed E-state index contributed by atoms with van der Waals surface area (Å²) in [7, 11) is 0. The van der Waals surface area contributed by atoms with Gasteiger partial charge < -0.3 is 14.9 Å². The molecule has 0 aliphatic carbocycles. The zero-order chi connectivity index (χ0) is 13.9. The van der Waals surface area contributed by atoms with Gasteiger partial charge in [0.2, 0.25) is 5.89 Å². The largest absolute Gasteiger partial charge is 0.482 e. The zero-order valence-electron chi connectivity index (χ0n) is 10.5. The standard InChI is InChI=1S/C15H11N3O2/c16-8-10-3-1-2-4-13(10)19-9-15-18-12-6-5-11(17)7-14(12)20-15/h1-7H,9,17H2. The molecule has 3 rings (SSSR count). The third-order valence-corrected chi connectivity index (χ3v) is 2.82. The minimum atomic E-state index is 0.160. The van der Waals surface area contributed by atoms with Crippen molar-refractivity contribution >= 4 is 16.8 Å². The second kappa shape index (κ2) is 4.94. The Morgan fingerprint density at radius 1 is 1.25 bits per heavy atom. The van der Waals surface area contributed by atoms with Gasteiger partial charge in [-0.25, -0.2) is 4.98 Å². The van der Waals surface area contributed by atoms with Gasteiger partial charge >= 0.3 is 0 Å². The molecule has 0 aliphatic heterocycles. The molecule has 2 N–H and O–H groups in total. The molecule has 0 bridgehead atoms. The molecule has 1 aromatic heterocycles. The summed E-state index contributed by atoms with van der Waals surface area (Å²) >= 11 is 0. The van der Waals surface area contributed by atoms with Gasteiger partial charge in [0.15, 0.2) is 12.2 Å². The number of nitriles is 1. The van der Waals surface area contributed by atoms with Crippen molar-refractivity contribution < 1.29 is 9.15 Å². The summed E-state index contributed by atoms with van der Waals surface area (Å²) in [5.74, 6) is 0.954. The smallest absolute Gasteiger partial charge is 0.233 e. The highest BCUT2D eigenvalue weighted by molar-refractivity contribution is 5.76. The third kappa shape index (κ3) is 2.27. The van der Waals surface area contributed by atoms with E-state index >= 15 is 0 Å². The van der Waals surface area contributed by atoms with Crippen LogP contribution in [0.25, 0.3) is 11.1 Å². The second-order valence-corrected chi connectivity index (χ2v) is 4.23. The van der Waals surface area contributed by atoms with Crippen LogP contribution in [0.2, 0.25) is 0 Å². The Morgan fingerprint density at radius 2 is 2.10 bits per heavy atom. The summed E-state index contributed by atoms with van der Waals surface area (Å²) in [6, 6.07) is 14.4. The molecule has 0 saturated carbocycles. The van der Waals surface area contributed by atoms with E-state index in [0.29, 0.717) is 28.5 Å². The number of nitrogens with two attached hydrogens (primary N) is 1. The van der Waals surface area contributed by atoms with E-state index in [2.05, 4.69) is 11.1 Å². The fourth-order valence-corrected chi connectivity index (χ4v) is 1.88. The maximum absolute atomic E-state index is 8.98. The van der Waals surface area contributed by atoms with Crippen LogP contribution in [0.15, 0.2) is 46.9 Å². The van der Waals surface area contributed by atoms with Gasteiger partial charge in [0.05, 0.1) is 5.56 Å². The van der Waals surface area contributed by atoms with Crippen molar-refractivity contribution in [1.82, 2.24) is 4.98 Å². The lowest BCUT2D eigenvalue weighted by atomic mass is 10.2. The van der Waals surface area contributed by atoms with Crippen LogP contribution in [-0.4, -0.2) is 4.98 Å². The van der Waals surface area contributed by atoms with Crippen molar-refractivity contribution in [2.24, 2.45) is 0 Å². The van der Waals surface area contributed by atoms with Crippen molar-refractivity contribution in [2.45, 2.75) is 6.61 Å². The van der Waals surface area contributed by atoms with Crippen LogP contribution in [0.5, 0.6) is 5.75 Å². The first kappa shape index (κ1) is 12.1. The van der Waals surface area contributed by atoms with E-state index in [9.17, 15) is 0 Å². The maximum Gasteiger partial charge on any atom is 0.233 e. The number of aromatic nitrogens is 1. The van der Waals surface area contributed by atoms with Crippen LogP contribution in [0.3, 0.4) is 0 Å². The van der Waals surface area contributed by atoms with Crippen LogP contribution >= 0.6 is 0 Å². The molecule has 0 fully saturated rings. The Kier molecular flexibility index (Phi) is 2.98. The average molecular weight is 265 g/mol. The van der Waals surface area contributed by atoms with E-state index in [1.54, 1.807) is 36.4 Å². The summed E-state index contributed by atoms with van der Waals surface area (Å²) in [5.41, 5.74) is 8.13. The van der Waals surface area contributed by atoms with Gasteiger partial charge in [-0.05, 0) is 24.3 Å². The van der Waals surface area contributed by atoms with Crippen LogP contribution < -0.4 is 10.5 Å². The highest BCUT2D eigenvalue weighted by Crippen LogP contribution is 2.21. The first-order valence-corrected chi connectivity index (χ1v) is 6.03. The Balaban J connectivity index is 1.82. The molecule has 0 atom stereocenters. The molecule has 0 aliphatic rings.